The van der Waals surface area contributed by atoms with Gasteiger partial charge in [0.05, 0.1) is 9.37 Å². The molecule has 0 saturated heterocycles. The Bertz CT molecular complexity index is 696. The van der Waals surface area contributed by atoms with Gasteiger partial charge in [-0.15, -0.1) is 0 Å². The van der Waals surface area contributed by atoms with Gasteiger partial charge in [0.15, 0.2) is 9.84 Å². The van der Waals surface area contributed by atoms with Gasteiger partial charge >= 0.3 is 0 Å². The van der Waals surface area contributed by atoms with Gasteiger partial charge < -0.3 is 4.74 Å². The lowest BCUT2D eigenvalue weighted by atomic mass is 10.3. The van der Waals surface area contributed by atoms with Crippen LogP contribution in [-0.2, 0) is 9.84 Å². The van der Waals surface area contributed by atoms with Gasteiger partial charge in [0.2, 0.25) is 0 Å². The highest BCUT2D eigenvalue weighted by Gasteiger charge is 2.08. The second-order valence-electron chi connectivity index (χ2n) is 3.92. The Balaban J connectivity index is 2.25. The lowest BCUT2D eigenvalue weighted by Gasteiger charge is -2.08. The van der Waals surface area contributed by atoms with Crippen LogP contribution in [0.15, 0.2) is 51.8 Å². The van der Waals surface area contributed by atoms with Crippen molar-refractivity contribution in [1.29, 1.82) is 0 Å². The van der Waals surface area contributed by atoms with Crippen molar-refractivity contribution in [1.82, 2.24) is 0 Å². The van der Waals surface area contributed by atoms with E-state index in [2.05, 4.69) is 38.5 Å². The van der Waals surface area contributed by atoms with E-state index >= 15 is 0 Å². The third kappa shape index (κ3) is 3.93. The molecule has 0 amide bonds. The molecular formula is C13H10BrIO3S. The summed E-state index contributed by atoms with van der Waals surface area (Å²) in [5.41, 5.74) is 0. The van der Waals surface area contributed by atoms with Gasteiger partial charge in [-0.3, -0.25) is 0 Å². The van der Waals surface area contributed by atoms with E-state index in [1.807, 2.05) is 18.2 Å². The molecule has 0 aliphatic rings. The predicted octanol–water partition coefficient (Wildman–Crippen LogP) is 4.25. The van der Waals surface area contributed by atoms with Crippen molar-refractivity contribution in [3.63, 3.8) is 0 Å². The molecule has 2 aromatic carbocycles. The van der Waals surface area contributed by atoms with Crippen LogP contribution in [0.2, 0.25) is 0 Å². The monoisotopic (exact) mass is 452 g/mol. The molecule has 0 unspecified atom stereocenters. The van der Waals surface area contributed by atoms with Crippen molar-refractivity contribution >= 4 is 48.4 Å². The summed E-state index contributed by atoms with van der Waals surface area (Å²) in [5.74, 6) is 1.28. The van der Waals surface area contributed by atoms with Gasteiger partial charge in [0.25, 0.3) is 0 Å². The fraction of sp³-hybridized carbons (Fsp3) is 0.0769. The Morgan fingerprint density at radius 1 is 1.11 bits per heavy atom. The first-order chi connectivity index (χ1) is 8.86. The first-order valence-corrected chi connectivity index (χ1v) is 9.05. The van der Waals surface area contributed by atoms with Crippen molar-refractivity contribution in [3.05, 3.63) is 50.5 Å². The van der Waals surface area contributed by atoms with Crippen molar-refractivity contribution in [3.8, 4) is 11.5 Å². The number of hydrogen-bond acceptors (Lipinski definition) is 3. The SMILES string of the molecule is CS(=O)(=O)c1ccc(Oc2ccc(I)cc2Br)cc1. The predicted molar refractivity (Wildman–Crippen MR) is 86.5 cm³/mol. The van der Waals surface area contributed by atoms with E-state index in [0.717, 1.165) is 8.04 Å². The van der Waals surface area contributed by atoms with Crippen molar-refractivity contribution in [2.75, 3.05) is 6.26 Å². The van der Waals surface area contributed by atoms with Gasteiger partial charge in [-0.2, -0.15) is 0 Å². The minimum Gasteiger partial charge on any atom is -0.456 e. The fourth-order valence-corrected chi connectivity index (χ4v) is 3.45. The zero-order valence-corrected chi connectivity index (χ0v) is 14.5. The lowest BCUT2D eigenvalue weighted by molar-refractivity contribution is 0.479. The zero-order chi connectivity index (χ0) is 14.0. The van der Waals surface area contributed by atoms with E-state index in [1.54, 1.807) is 12.1 Å². The molecular weight excluding hydrogens is 443 g/mol. The highest BCUT2D eigenvalue weighted by atomic mass is 127. The average molecular weight is 453 g/mol. The van der Waals surface area contributed by atoms with E-state index in [4.69, 9.17) is 4.74 Å². The van der Waals surface area contributed by atoms with Crippen LogP contribution < -0.4 is 4.74 Å². The summed E-state index contributed by atoms with van der Waals surface area (Å²) in [6.07, 6.45) is 1.18. The lowest BCUT2D eigenvalue weighted by Crippen LogP contribution is -1.96. The summed E-state index contributed by atoms with van der Waals surface area (Å²) >= 11 is 5.64. The maximum Gasteiger partial charge on any atom is 0.175 e. The maximum atomic E-state index is 11.3. The molecule has 2 aromatic rings. The topological polar surface area (TPSA) is 43.4 Å². The minimum atomic E-state index is -3.17. The maximum absolute atomic E-state index is 11.3. The first kappa shape index (κ1) is 14.8. The Hall–Kier alpha value is -0.600. The number of ether oxygens (including phenoxy) is 1. The van der Waals surface area contributed by atoms with Gasteiger partial charge in [-0.05, 0) is 81.0 Å². The number of benzene rings is 2. The molecule has 0 fully saturated rings. The second-order valence-corrected chi connectivity index (χ2v) is 8.04. The minimum absolute atomic E-state index is 0.279. The first-order valence-electron chi connectivity index (χ1n) is 5.29. The Morgan fingerprint density at radius 2 is 1.74 bits per heavy atom. The van der Waals surface area contributed by atoms with Crippen LogP contribution in [0, 0.1) is 3.57 Å². The molecule has 0 radical (unpaired) electrons. The summed E-state index contributed by atoms with van der Waals surface area (Å²) in [4.78, 5) is 0.279. The molecule has 0 atom stereocenters. The molecule has 2 rings (SSSR count). The van der Waals surface area contributed by atoms with Crippen LogP contribution in [0.4, 0.5) is 0 Å². The molecule has 0 bridgehead atoms. The summed E-state index contributed by atoms with van der Waals surface area (Å²) < 4.78 is 30.3. The molecule has 6 heteroatoms. The fourth-order valence-electron chi connectivity index (χ4n) is 1.44. The van der Waals surface area contributed by atoms with Crippen molar-refractivity contribution < 1.29 is 13.2 Å². The smallest absolute Gasteiger partial charge is 0.175 e. The molecule has 3 nitrogen and oxygen atoms in total. The molecule has 0 aliphatic carbocycles. The normalized spacial score (nSPS) is 11.3. The van der Waals surface area contributed by atoms with Gasteiger partial charge in [-0.25, -0.2) is 8.42 Å². The third-order valence-electron chi connectivity index (χ3n) is 2.37. The van der Waals surface area contributed by atoms with Crippen LogP contribution in [0.3, 0.4) is 0 Å². The van der Waals surface area contributed by atoms with Crippen LogP contribution in [-0.4, -0.2) is 14.7 Å². The summed E-state index contributed by atoms with van der Waals surface area (Å²) in [6.45, 7) is 0. The summed E-state index contributed by atoms with van der Waals surface area (Å²) in [5, 5.41) is 0. The third-order valence-corrected chi connectivity index (χ3v) is 4.79. The highest BCUT2D eigenvalue weighted by Crippen LogP contribution is 2.31. The molecule has 0 heterocycles. The van der Waals surface area contributed by atoms with Gasteiger partial charge in [0, 0.05) is 9.83 Å². The molecule has 0 aromatic heterocycles. The highest BCUT2D eigenvalue weighted by molar-refractivity contribution is 14.1. The van der Waals surface area contributed by atoms with E-state index in [9.17, 15) is 8.42 Å². The van der Waals surface area contributed by atoms with E-state index in [0.29, 0.717) is 11.5 Å². The number of sulfone groups is 1. The molecule has 0 aliphatic heterocycles. The van der Waals surface area contributed by atoms with E-state index in [1.165, 1.54) is 18.4 Å². The number of rotatable bonds is 3. The van der Waals surface area contributed by atoms with Crippen LogP contribution in [0.1, 0.15) is 0 Å². The molecule has 0 saturated carbocycles. The van der Waals surface area contributed by atoms with E-state index in [-0.39, 0.29) is 4.90 Å². The molecule has 100 valence electrons. The van der Waals surface area contributed by atoms with E-state index < -0.39 is 9.84 Å². The Morgan fingerprint density at radius 3 is 2.26 bits per heavy atom. The van der Waals surface area contributed by atoms with Crippen LogP contribution >= 0.6 is 38.5 Å². The number of halogens is 2. The largest absolute Gasteiger partial charge is 0.456 e. The molecule has 0 spiro atoms. The second kappa shape index (κ2) is 5.80. The average Bonchev–Trinajstić information content (AvgIpc) is 2.32. The van der Waals surface area contributed by atoms with Gasteiger partial charge in [0.1, 0.15) is 11.5 Å². The Kier molecular flexibility index (Phi) is 4.52. The standard InChI is InChI=1S/C13H10BrIO3S/c1-19(16,17)11-5-3-10(4-6-11)18-13-7-2-9(15)8-12(13)14/h2-8H,1H3. The molecule has 19 heavy (non-hydrogen) atoms. The van der Waals surface area contributed by atoms with Gasteiger partial charge in [-0.1, -0.05) is 0 Å². The molecule has 0 N–H and O–H groups in total. The van der Waals surface area contributed by atoms with Crippen molar-refractivity contribution in [2.45, 2.75) is 4.90 Å². The number of hydrogen-bond donors (Lipinski definition) is 0. The summed E-state index contributed by atoms with van der Waals surface area (Å²) in [7, 11) is -3.17. The van der Waals surface area contributed by atoms with Crippen LogP contribution in [0.5, 0.6) is 11.5 Å². The van der Waals surface area contributed by atoms with Crippen molar-refractivity contribution in [2.24, 2.45) is 0 Å². The Labute approximate surface area is 134 Å². The van der Waals surface area contributed by atoms with Crippen LogP contribution in [0.25, 0.3) is 0 Å². The zero-order valence-electron chi connectivity index (χ0n) is 9.93. The summed E-state index contributed by atoms with van der Waals surface area (Å²) in [6, 6.07) is 12.1. The quantitative estimate of drug-likeness (QED) is 0.654.